The summed E-state index contributed by atoms with van der Waals surface area (Å²) in [6, 6.07) is 21.8. The summed E-state index contributed by atoms with van der Waals surface area (Å²) in [4.78, 5) is 20.6. The zero-order chi connectivity index (χ0) is 15.9. The molecule has 0 saturated heterocycles. The molecule has 5 nitrogen and oxygen atoms in total. The second-order valence-corrected chi connectivity index (χ2v) is 5.61. The number of para-hydroxylation sites is 4. The Bertz CT molecular complexity index is 1020. The van der Waals surface area contributed by atoms with E-state index in [-0.39, 0.29) is 19.5 Å². The van der Waals surface area contributed by atoms with Crippen LogP contribution in [-0.4, -0.2) is 24.9 Å². The summed E-state index contributed by atoms with van der Waals surface area (Å²) in [5.74, 6) is 1.52. The molecule has 5 rings (SSSR count). The van der Waals surface area contributed by atoms with Gasteiger partial charge in [-0.05, 0) is 36.4 Å². The molecule has 0 radical (unpaired) electrons. The van der Waals surface area contributed by atoms with Crippen molar-refractivity contribution in [2.75, 3.05) is 0 Å². The first kappa shape index (κ1) is 15.7. The molecule has 0 bridgehead atoms. The number of benzene rings is 2. The molecule has 0 aliphatic heterocycles. The fraction of sp³-hybridized carbons (Fsp3) is 0. The Morgan fingerprint density at radius 1 is 0.520 bits per heavy atom. The summed E-state index contributed by atoms with van der Waals surface area (Å²) in [5.41, 5.74) is 5.46. The first-order valence-corrected chi connectivity index (χ1v) is 7.74. The molecular weight excluding hydrogens is 399 g/mol. The SMILES string of the molecule is [Ru+2].c1cc(-c2nc3ccccc3[nH]2)nc(-c2nc3ccccc3[nH]2)c1. The van der Waals surface area contributed by atoms with Crippen molar-refractivity contribution in [2.45, 2.75) is 0 Å². The van der Waals surface area contributed by atoms with E-state index in [4.69, 9.17) is 4.98 Å². The Hall–Kier alpha value is -2.85. The van der Waals surface area contributed by atoms with Gasteiger partial charge < -0.3 is 9.97 Å². The van der Waals surface area contributed by atoms with Crippen molar-refractivity contribution in [1.29, 1.82) is 0 Å². The minimum absolute atomic E-state index is 0. The Morgan fingerprint density at radius 2 is 1.00 bits per heavy atom. The third kappa shape index (κ3) is 2.75. The van der Waals surface area contributed by atoms with E-state index in [0.29, 0.717) is 0 Å². The average molecular weight is 412 g/mol. The van der Waals surface area contributed by atoms with Gasteiger partial charge in [-0.15, -0.1) is 0 Å². The first-order valence-electron chi connectivity index (χ1n) is 7.74. The quantitative estimate of drug-likeness (QED) is 0.428. The third-order valence-corrected chi connectivity index (χ3v) is 4.01. The van der Waals surface area contributed by atoms with Crippen LogP contribution in [-0.2, 0) is 19.5 Å². The number of imidazole rings is 2. The molecule has 0 atom stereocenters. The molecular formula is C19H13N5Ru+2. The second-order valence-electron chi connectivity index (χ2n) is 5.61. The van der Waals surface area contributed by atoms with E-state index in [1.807, 2.05) is 66.7 Å². The van der Waals surface area contributed by atoms with Gasteiger partial charge in [-0.1, -0.05) is 30.3 Å². The predicted octanol–water partition coefficient (Wildman–Crippen LogP) is 4.17. The number of aromatic nitrogens is 5. The van der Waals surface area contributed by atoms with Gasteiger partial charge in [0.2, 0.25) is 0 Å². The summed E-state index contributed by atoms with van der Waals surface area (Å²) in [5, 5.41) is 0. The third-order valence-electron chi connectivity index (χ3n) is 4.01. The van der Waals surface area contributed by atoms with Crippen molar-refractivity contribution < 1.29 is 19.5 Å². The van der Waals surface area contributed by atoms with Crippen LogP contribution in [0.4, 0.5) is 0 Å². The number of fused-ring (bicyclic) bond motifs is 2. The minimum Gasteiger partial charge on any atom is -0.337 e. The fourth-order valence-electron chi connectivity index (χ4n) is 2.85. The van der Waals surface area contributed by atoms with E-state index in [2.05, 4.69) is 19.9 Å². The predicted molar refractivity (Wildman–Crippen MR) is 94.4 cm³/mol. The molecule has 25 heavy (non-hydrogen) atoms. The number of hydrogen-bond acceptors (Lipinski definition) is 3. The minimum atomic E-state index is 0. The fourth-order valence-corrected chi connectivity index (χ4v) is 2.85. The summed E-state index contributed by atoms with van der Waals surface area (Å²) in [6.07, 6.45) is 0. The Balaban J connectivity index is 0.00000157. The molecule has 5 aromatic rings. The monoisotopic (exact) mass is 413 g/mol. The topological polar surface area (TPSA) is 70.2 Å². The molecule has 0 amide bonds. The first-order chi connectivity index (χ1) is 11.9. The van der Waals surface area contributed by atoms with Crippen molar-refractivity contribution in [2.24, 2.45) is 0 Å². The summed E-state index contributed by atoms with van der Waals surface area (Å²) in [6.45, 7) is 0. The zero-order valence-electron chi connectivity index (χ0n) is 13.0. The van der Waals surface area contributed by atoms with Crippen molar-refractivity contribution in [3.8, 4) is 23.0 Å². The van der Waals surface area contributed by atoms with Gasteiger partial charge in [0, 0.05) is 0 Å². The van der Waals surface area contributed by atoms with Crippen molar-refractivity contribution in [1.82, 2.24) is 24.9 Å². The van der Waals surface area contributed by atoms with Crippen molar-refractivity contribution in [3.05, 3.63) is 66.7 Å². The van der Waals surface area contributed by atoms with E-state index in [0.717, 1.165) is 45.1 Å². The molecule has 0 saturated carbocycles. The maximum atomic E-state index is 4.72. The van der Waals surface area contributed by atoms with Crippen LogP contribution in [0.3, 0.4) is 0 Å². The van der Waals surface area contributed by atoms with Crippen LogP contribution in [0.5, 0.6) is 0 Å². The van der Waals surface area contributed by atoms with Crippen LogP contribution in [0.15, 0.2) is 66.7 Å². The number of nitrogens with zero attached hydrogens (tertiary/aromatic N) is 3. The Labute approximate surface area is 156 Å². The van der Waals surface area contributed by atoms with Gasteiger partial charge in [0.25, 0.3) is 0 Å². The molecule has 6 heteroatoms. The van der Waals surface area contributed by atoms with Gasteiger partial charge in [-0.3, -0.25) is 0 Å². The van der Waals surface area contributed by atoms with Crippen molar-refractivity contribution in [3.63, 3.8) is 0 Å². The molecule has 3 heterocycles. The molecule has 0 fully saturated rings. The number of nitrogens with one attached hydrogen (secondary N) is 2. The van der Waals surface area contributed by atoms with Crippen molar-refractivity contribution >= 4 is 22.1 Å². The molecule has 0 aliphatic carbocycles. The molecule has 0 aliphatic rings. The number of rotatable bonds is 2. The van der Waals surface area contributed by atoms with Gasteiger partial charge in [-0.25, -0.2) is 15.0 Å². The molecule has 0 spiro atoms. The Kier molecular flexibility index (Phi) is 3.90. The van der Waals surface area contributed by atoms with Crippen LogP contribution in [0.25, 0.3) is 45.1 Å². The second kappa shape index (κ2) is 6.22. The summed E-state index contributed by atoms with van der Waals surface area (Å²) in [7, 11) is 0. The molecule has 3 aromatic heterocycles. The normalized spacial score (nSPS) is 10.9. The summed E-state index contributed by atoms with van der Waals surface area (Å²) < 4.78 is 0. The Morgan fingerprint density at radius 3 is 1.48 bits per heavy atom. The largest absolute Gasteiger partial charge is 2.00 e. The van der Waals surface area contributed by atoms with Crippen LogP contribution in [0.1, 0.15) is 0 Å². The number of hydrogen-bond donors (Lipinski definition) is 2. The number of aromatic amines is 2. The van der Waals surface area contributed by atoms with Gasteiger partial charge in [-0.2, -0.15) is 0 Å². The summed E-state index contributed by atoms with van der Waals surface area (Å²) >= 11 is 0. The van der Waals surface area contributed by atoms with Gasteiger partial charge in [0.1, 0.15) is 11.4 Å². The maximum absolute atomic E-state index is 4.72. The van der Waals surface area contributed by atoms with E-state index in [1.165, 1.54) is 0 Å². The van der Waals surface area contributed by atoms with Crippen LogP contribution in [0, 0.1) is 0 Å². The molecule has 120 valence electrons. The van der Waals surface area contributed by atoms with E-state index < -0.39 is 0 Å². The van der Waals surface area contributed by atoms with Gasteiger partial charge in [0.15, 0.2) is 11.6 Å². The van der Waals surface area contributed by atoms with Gasteiger partial charge in [0.05, 0.1) is 22.1 Å². The molecule has 2 aromatic carbocycles. The number of pyridine rings is 1. The average Bonchev–Trinajstić information content (AvgIpc) is 3.26. The van der Waals surface area contributed by atoms with Crippen LogP contribution >= 0.6 is 0 Å². The molecule has 2 N–H and O–H groups in total. The van der Waals surface area contributed by atoms with Crippen LogP contribution < -0.4 is 0 Å². The van der Waals surface area contributed by atoms with E-state index >= 15 is 0 Å². The number of H-pyrrole nitrogens is 2. The van der Waals surface area contributed by atoms with E-state index in [9.17, 15) is 0 Å². The maximum Gasteiger partial charge on any atom is 2.00 e. The standard InChI is InChI=1S/C19H13N5.Ru/c1-2-7-13-12(6-1)21-18(22-13)16-10-5-11-17(20-16)19-23-14-8-3-4-9-15(14)24-19;/h1-11H,(H,21,22)(H,23,24);/q;+2. The van der Waals surface area contributed by atoms with Gasteiger partial charge >= 0.3 is 19.5 Å². The zero-order valence-corrected chi connectivity index (χ0v) is 14.8. The van der Waals surface area contributed by atoms with E-state index in [1.54, 1.807) is 0 Å². The molecule has 0 unspecified atom stereocenters. The van der Waals surface area contributed by atoms with Crippen LogP contribution in [0.2, 0.25) is 0 Å². The smallest absolute Gasteiger partial charge is 0.337 e.